The van der Waals surface area contributed by atoms with Gasteiger partial charge in [-0.05, 0) is 37.5 Å². The van der Waals surface area contributed by atoms with Gasteiger partial charge in [0, 0.05) is 0 Å². The molecule has 0 aromatic rings. The van der Waals surface area contributed by atoms with Gasteiger partial charge in [-0.15, -0.1) is 0 Å². The Hall–Kier alpha value is -1.24. The van der Waals surface area contributed by atoms with Crippen molar-refractivity contribution < 1.29 is 9.59 Å². The van der Waals surface area contributed by atoms with E-state index in [-0.39, 0.29) is 6.04 Å². The highest BCUT2D eigenvalue weighted by molar-refractivity contribution is 5.33. The molecule has 1 aliphatic carbocycles. The summed E-state index contributed by atoms with van der Waals surface area (Å²) < 4.78 is 0. The van der Waals surface area contributed by atoms with E-state index in [9.17, 15) is 9.59 Å². The molecular formula is C13H20N2O2. The topological polar surface area (TPSA) is 58.9 Å². The van der Waals surface area contributed by atoms with Crippen molar-refractivity contribution in [1.29, 1.82) is 0 Å². The zero-order valence-corrected chi connectivity index (χ0v) is 10.4. The molecule has 17 heavy (non-hydrogen) atoms. The average Bonchev–Trinajstić information content (AvgIpc) is 2.35. The fourth-order valence-electron chi connectivity index (χ4n) is 2.82. The minimum Gasteiger partial charge on any atom is -0.211 e. The third-order valence-corrected chi connectivity index (χ3v) is 3.64. The van der Waals surface area contributed by atoms with E-state index in [1.165, 1.54) is 0 Å². The molecule has 4 heteroatoms. The first-order valence-corrected chi connectivity index (χ1v) is 6.42. The minimum atomic E-state index is 0.130. The Bertz CT molecular complexity index is 317. The lowest BCUT2D eigenvalue weighted by molar-refractivity contribution is 0.223. The Labute approximate surface area is 102 Å². The molecule has 94 valence electrons. The molecule has 3 atom stereocenters. The predicted molar refractivity (Wildman–Crippen MR) is 65.3 cm³/mol. The van der Waals surface area contributed by atoms with Crippen molar-refractivity contribution in [2.45, 2.75) is 51.5 Å². The molecule has 1 rings (SSSR count). The lowest BCUT2D eigenvalue weighted by Gasteiger charge is -2.31. The molecule has 0 saturated heterocycles. The summed E-state index contributed by atoms with van der Waals surface area (Å²) in [5.41, 5.74) is 0. The molecule has 0 radical (unpaired) electrons. The number of hydrogen-bond acceptors (Lipinski definition) is 4. The van der Waals surface area contributed by atoms with E-state index in [2.05, 4.69) is 16.9 Å². The van der Waals surface area contributed by atoms with Gasteiger partial charge in [0.2, 0.25) is 12.2 Å². The highest BCUT2D eigenvalue weighted by Gasteiger charge is 2.27. The third kappa shape index (κ3) is 4.64. The van der Waals surface area contributed by atoms with E-state index < -0.39 is 0 Å². The molecule has 0 amide bonds. The monoisotopic (exact) mass is 236 g/mol. The Kier molecular flexibility index (Phi) is 6.46. The van der Waals surface area contributed by atoms with E-state index >= 15 is 0 Å². The summed E-state index contributed by atoms with van der Waals surface area (Å²) in [6.45, 7) is 2.71. The van der Waals surface area contributed by atoms with Crippen LogP contribution in [0.15, 0.2) is 9.98 Å². The number of aliphatic imine (C=N–C) groups is 2. The van der Waals surface area contributed by atoms with Gasteiger partial charge < -0.3 is 0 Å². The van der Waals surface area contributed by atoms with Crippen molar-refractivity contribution in [2.75, 3.05) is 6.54 Å². The second kappa shape index (κ2) is 7.94. The van der Waals surface area contributed by atoms with Gasteiger partial charge in [0.1, 0.15) is 0 Å². The van der Waals surface area contributed by atoms with Crippen LogP contribution in [0.1, 0.15) is 45.4 Å². The standard InChI is InChI=1S/C13H20N2O2/c1-2-4-12(8-14-9-16)11-5-3-6-13(7-11)15-10-17/h11-13H,2-8H2,1H3. The highest BCUT2D eigenvalue weighted by atomic mass is 16.1. The van der Waals surface area contributed by atoms with Gasteiger partial charge in [0.15, 0.2) is 0 Å². The summed E-state index contributed by atoms with van der Waals surface area (Å²) in [6, 6.07) is 0.130. The van der Waals surface area contributed by atoms with E-state index in [4.69, 9.17) is 0 Å². The smallest absolute Gasteiger partial charge is 0.211 e. The molecular weight excluding hydrogens is 216 g/mol. The summed E-state index contributed by atoms with van der Waals surface area (Å²) in [5.74, 6) is 0.967. The summed E-state index contributed by atoms with van der Waals surface area (Å²) >= 11 is 0. The molecule has 1 saturated carbocycles. The Morgan fingerprint density at radius 1 is 1.29 bits per heavy atom. The minimum absolute atomic E-state index is 0.130. The van der Waals surface area contributed by atoms with Crippen LogP contribution in [-0.2, 0) is 9.59 Å². The summed E-state index contributed by atoms with van der Waals surface area (Å²) in [4.78, 5) is 28.1. The van der Waals surface area contributed by atoms with Gasteiger partial charge in [-0.2, -0.15) is 0 Å². The van der Waals surface area contributed by atoms with Crippen molar-refractivity contribution in [3.63, 3.8) is 0 Å². The fraction of sp³-hybridized carbons (Fsp3) is 0.846. The first-order valence-electron chi connectivity index (χ1n) is 6.42. The maximum atomic E-state index is 10.3. The van der Waals surface area contributed by atoms with Crippen molar-refractivity contribution in [3.05, 3.63) is 0 Å². The quantitative estimate of drug-likeness (QED) is 0.525. The Balaban J connectivity index is 2.58. The van der Waals surface area contributed by atoms with Crippen LogP contribution in [-0.4, -0.2) is 24.7 Å². The van der Waals surface area contributed by atoms with Crippen LogP contribution in [0.3, 0.4) is 0 Å². The van der Waals surface area contributed by atoms with Gasteiger partial charge >= 0.3 is 0 Å². The van der Waals surface area contributed by atoms with Crippen LogP contribution in [0.5, 0.6) is 0 Å². The molecule has 0 aliphatic heterocycles. The summed E-state index contributed by atoms with van der Waals surface area (Å²) in [6.07, 6.45) is 9.64. The van der Waals surface area contributed by atoms with Gasteiger partial charge in [0.05, 0.1) is 12.6 Å². The van der Waals surface area contributed by atoms with Crippen LogP contribution in [0.25, 0.3) is 0 Å². The van der Waals surface area contributed by atoms with E-state index in [0.29, 0.717) is 18.4 Å². The maximum Gasteiger partial charge on any atom is 0.235 e. The maximum absolute atomic E-state index is 10.3. The van der Waals surface area contributed by atoms with Crippen molar-refractivity contribution in [1.82, 2.24) is 0 Å². The second-order valence-corrected chi connectivity index (χ2v) is 4.78. The molecule has 1 fully saturated rings. The van der Waals surface area contributed by atoms with Crippen LogP contribution in [0.4, 0.5) is 0 Å². The molecule has 0 bridgehead atoms. The lowest BCUT2D eigenvalue weighted by atomic mass is 9.76. The van der Waals surface area contributed by atoms with Gasteiger partial charge in [-0.25, -0.2) is 19.6 Å². The van der Waals surface area contributed by atoms with Crippen LogP contribution in [0.2, 0.25) is 0 Å². The average molecular weight is 236 g/mol. The fourth-order valence-corrected chi connectivity index (χ4v) is 2.82. The molecule has 3 unspecified atom stereocenters. The largest absolute Gasteiger partial charge is 0.235 e. The van der Waals surface area contributed by atoms with Gasteiger partial charge in [0.25, 0.3) is 0 Å². The first kappa shape index (κ1) is 13.8. The van der Waals surface area contributed by atoms with E-state index in [1.54, 1.807) is 12.2 Å². The Morgan fingerprint density at radius 3 is 2.76 bits per heavy atom. The second-order valence-electron chi connectivity index (χ2n) is 4.78. The zero-order chi connectivity index (χ0) is 12.5. The first-order chi connectivity index (χ1) is 8.31. The van der Waals surface area contributed by atoms with E-state index in [0.717, 1.165) is 38.5 Å². The zero-order valence-electron chi connectivity index (χ0n) is 10.4. The number of hydrogen-bond donors (Lipinski definition) is 0. The van der Waals surface area contributed by atoms with Crippen molar-refractivity contribution in [2.24, 2.45) is 21.8 Å². The number of rotatable bonds is 6. The van der Waals surface area contributed by atoms with Gasteiger partial charge in [-0.1, -0.05) is 19.8 Å². The van der Waals surface area contributed by atoms with Crippen LogP contribution in [0, 0.1) is 11.8 Å². The molecule has 4 nitrogen and oxygen atoms in total. The molecule has 0 aromatic heterocycles. The lowest BCUT2D eigenvalue weighted by Crippen LogP contribution is -2.26. The number of isocyanates is 2. The summed E-state index contributed by atoms with van der Waals surface area (Å²) in [5, 5.41) is 0. The van der Waals surface area contributed by atoms with Crippen LogP contribution >= 0.6 is 0 Å². The van der Waals surface area contributed by atoms with E-state index in [1.807, 2.05) is 0 Å². The predicted octanol–water partition coefficient (Wildman–Crippen LogP) is 2.63. The molecule has 1 aliphatic rings. The van der Waals surface area contributed by atoms with Crippen molar-refractivity contribution >= 4 is 12.2 Å². The Morgan fingerprint density at radius 2 is 2.12 bits per heavy atom. The molecule has 0 spiro atoms. The van der Waals surface area contributed by atoms with Gasteiger partial charge in [-0.3, -0.25) is 0 Å². The molecule has 0 N–H and O–H groups in total. The number of carbonyl (C=O) groups excluding carboxylic acids is 2. The SMILES string of the molecule is CCCC(CN=C=O)C1CCCC(N=C=O)C1. The van der Waals surface area contributed by atoms with Crippen molar-refractivity contribution in [3.8, 4) is 0 Å². The third-order valence-electron chi connectivity index (χ3n) is 3.64. The molecule has 0 heterocycles. The van der Waals surface area contributed by atoms with Crippen LogP contribution < -0.4 is 0 Å². The molecule has 0 aromatic carbocycles. The normalized spacial score (nSPS) is 25.5. The highest BCUT2D eigenvalue weighted by Crippen LogP contribution is 2.34. The summed E-state index contributed by atoms with van der Waals surface area (Å²) in [7, 11) is 0. The number of nitrogens with zero attached hydrogens (tertiary/aromatic N) is 2.